The second-order valence-electron chi connectivity index (χ2n) is 15.6. The normalized spacial score (nSPS) is 14.2. The average Bonchev–Trinajstić information content (AvgIpc) is 3.20. The fraction of sp³-hybridized carbons (Fsp3) is 0.255. The molecule has 59 heavy (non-hydrogen) atoms. The van der Waals surface area contributed by atoms with Crippen molar-refractivity contribution in [1.82, 2.24) is 24.8 Å². The first kappa shape index (κ1) is 40.9. The number of aromatic hydroxyl groups is 2. The Bertz CT molecular complexity index is 2600. The van der Waals surface area contributed by atoms with Crippen LogP contribution in [0.25, 0.3) is 44.6 Å². The van der Waals surface area contributed by atoms with Crippen molar-refractivity contribution in [3.8, 4) is 34.3 Å². The number of phenolic OH excluding ortho intramolecular Hbond substituents is 2. The second-order valence-corrected chi connectivity index (χ2v) is 15.9. The molecular weight excluding hydrogens is 764 g/mol. The predicted molar refractivity (Wildman–Crippen MR) is 233 cm³/mol. The maximum absolute atomic E-state index is 13.2. The number of ether oxygens (including phenoxy) is 2. The van der Waals surface area contributed by atoms with Crippen molar-refractivity contribution in [2.45, 2.75) is 52.9 Å². The molecule has 0 spiro atoms. The number of carbonyl (C=O) groups excluding carboxylic acids is 1. The number of halogens is 1. The van der Waals surface area contributed by atoms with Crippen molar-refractivity contribution < 1.29 is 24.5 Å². The molecular formula is C47H47ClN6O5. The van der Waals surface area contributed by atoms with Crippen LogP contribution >= 0.6 is 11.6 Å². The molecule has 7 aromatic rings. The van der Waals surface area contributed by atoms with Crippen LogP contribution in [0, 0.1) is 13.8 Å². The first-order chi connectivity index (χ1) is 28.3. The van der Waals surface area contributed by atoms with Crippen molar-refractivity contribution in [3.63, 3.8) is 0 Å². The summed E-state index contributed by atoms with van der Waals surface area (Å²) in [4.78, 5) is 35.6. The van der Waals surface area contributed by atoms with Crippen molar-refractivity contribution in [1.29, 1.82) is 0 Å². The number of benzene rings is 5. The first-order valence-electron chi connectivity index (χ1n) is 19.5. The van der Waals surface area contributed by atoms with Gasteiger partial charge in [0.2, 0.25) is 0 Å². The van der Waals surface area contributed by atoms with Gasteiger partial charge in [0.25, 0.3) is 0 Å². The Hall–Kier alpha value is -6.30. The van der Waals surface area contributed by atoms with Crippen LogP contribution in [0.4, 0.5) is 10.6 Å². The summed E-state index contributed by atoms with van der Waals surface area (Å²) in [6.07, 6.45) is -0.349. The van der Waals surface area contributed by atoms with Gasteiger partial charge in [0.15, 0.2) is 11.6 Å². The minimum atomic E-state index is -0.600. The fourth-order valence-electron chi connectivity index (χ4n) is 6.87. The molecule has 1 aliphatic rings. The molecule has 302 valence electrons. The molecule has 0 radical (unpaired) electrons. The number of nitrogens with zero attached hydrogens (tertiary/aromatic N) is 6. The van der Waals surface area contributed by atoms with E-state index in [9.17, 15) is 15.0 Å². The number of amides is 1. The highest BCUT2D eigenvalue weighted by atomic mass is 35.5. The molecule has 1 aliphatic heterocycles. The van der Waals surface area contributed by atoms with E-state index < -0.39 is 5.60 Å². The molecule has 1 amide bonds. The number of aryl methyl sites for hydroxylation is 2. The van der Waals surface area contributed by atoms with Crippen molar-refractivity contribution >= 4 is 45.3 Å². The molecule has 11 nitrogen and oxygen atoms in total. The number of hydrogen-bond donors (Lipinski definition) is 2. The number of aromatic nitrogens is 4. The molecule has 5 aromatic carbocycles. The first-order valence-corrected chi connectivity index (χ1v) is 19.9. The van der Waals surface area contributed by atoms with Gasteiger partial charge in [-0.15, -0.1) is 0 Å². The topological polar surface area (TPSA) is 134 Å². The van der Waals surface area contributed by atoms with Crippen LogP contribution in [-0.2, 0) is 16.1 Å². The van der Waals surface area contributed by atoms with Gasteiger partial charge in [-0.3, -0.25) is 4.90 Å². The molecule has 0 saturated carbocycles. The highest BCUT2D eigenvalue weighted by Gasteiger charge is 2.35. The van der Waals surface area contributed by atoms with Crippen LogP contribution in [0.3, 0.4) is 0 Å². The van der Waals surface area contributed by atoms with Gasteiger partial charge in [0, 0.05) is 30.4 Å². The van der Waals surface area contributed by atoms with E-state index in [2.05, 4.69) is 14.9 Å². The zero-order chi connectivity index (χ0) is 41.7. The van der Waals surface area contributed by atoms with Gasteiger partial charge < -0.3 is 24.6 Å². The summed E-state index contributed by atoms with van der Waals surface area (Å²) in [5.74, 6) is 1.92. The summed E-state index contributed by atoms with van der Waals surface area (Å²) < 4.78 is 11.9. The van der Waals surface area contributed by atoms with E-state index in [1.165, 1.54) is 0 Å². The number of carbonyl (C=O) groups is 1. The van der Waals surface area contributed by atoms with Crippen molar-refractivity contribution in [2.75, 3.05) is 31.1 Å². The Morgan fingerprint density at radius 3 is 1.90 bits per heavy atom. The number of para-hydroxylation sites is 2. The molecule has 0 bridgehead atoms. The highest BCUT2D eigenvalue weighted by molar-refractivity contribution is 6.34. The van der Waals surface area contributed by atoms with Gasteiger partial charge in [-0.2, -0.15) is 0 Å². The Morgan fingerprint density at radius 2 is 1.29 bits per heavy atom. The third-order valence-electron chi connectivity index (χ3n) is 9.76. The maximum Gasteiger partial charge on any atom is 0.410 e. The predicted octanol–water partition coefficient (Wildman–Crippen LogP) is 9.92. The molecule has 3 heterocycles. The lowest BCUT2D eigenvalue weighted by Gasteiger charge is -2.42. The standard InChI is InChI=1S/C32H36N4O4.C15H11ClN2O/c1-22-14-15-25-27(18-22)33-29(26-12-8-9-13-28(26)37)34-30(25)35-16-17-36(31(38)40-32(2,3)4)24(19-35)21-39-20-23-10-6-5-7-11-23;1-9-6-7-10-12(8-9)17-15(18-14(10)16)11-4-2-3-5-13(11)19/h5-15,18,24,37H,16-17,19-21H2,1-4H3;2-8,19H,1H3/t24-;/m1./s1. The van der Waals surface area contributed by atoms with Crippen LogP contribution in [-0.4, -0.2) is 79.0 Å². The molecule has 0 aliphatic carbocycles. The molecule has 1 saturated heterocycles. The maximum atomic E-state index is 13.2. The summed E-state index contributed by atoms with van der Waals surface area (Å²) in [5, 5.41) is 22.5. The smallest absolute Gasteiger partial charge is 0.410 e. The molecule has 8 rings (SSSR count). The van der Waals surface area contributed by atoms with Gasteiger partial charge in [0.1, 0.15) is 28.1 Å². The monoisotopic (exact) mass is 810 g/mol. The number of rotatable bonds is 7. The van der Waals surface area contributed by atoms with E-state index in [1.54, 1.807) is 35.2 Å². The SMILES string of the molecule is Cc1ccc2c(Cl)nc(-c3ccccc3O)nc2c1.Cc1ccc2c(N3CCN(C(=O)OC(C)(C)C)[C@@H](COCc4ccccc4)C3)nc(-c3ccccc3O)nc2c1. The van der Waals surface area contributed by atoms with Gasteiger partial charge >= 0.3 is 6.09 Å². The molecule has 12 heteroatoms. The Morgan fingerprint density at radius 1 is 0.729 bits per heavy atom. The van der Waals surface area contributed by atoms with E-state index in [1.807, 2.05) is 120 Å². The lowest BCUT2D eigenvalue weighted by Crippen LogP contribution is -2.58. The zero-order valence-corrected chi connectivity index (χ0v) is 34.5. The van der Waals surface area contributed by atoms with E-state index >= 15 is 0 Å². The minimum absolute atomic E-state index is 0.127. The van der Waals surface area contributed by atoms with E-state index in [4.69, 9.17) is 31.0 Å². The van der Waals surface area contributed by atoms with Gasteiger partial charge in [-0.1, -0.05) is 78.3 Å². The van der Waals surface area contributed by atoms with Crippen LogP contribution < -0.4 is 4.90 Å². The van der Waals surface area contributed by atoms with Crippen molar-refractivity contribution in [2.24, 2.45) is 0 Å². The summed E-state index contributed by atoms with van der Waals surface area (Å²) in [7, 11) is 0. The molecule has 1 fully saturated rings. The minimum Gasteiger partial charge on any atom is -0.507 e. The van der Waals surface area contributed by atoms with Crippen LogP contribution in [0.5, 0.6) is 11.5 Å². The van der Waals surface area contributed by atoms with E-state index in [0.29, 0.717) is 60.8 Å². The van der Waals surface area contributed by atoms with Gasteiger partial charge in [-0.05, 0) is 99.8 Å². The Balaban J connectivity index is 0.000000231. The summed E-state index contributed by atoms with van der Waals surface area (Å²) in [5.41, 5.74) is 5.39. The number of anilines is 1. The molecule has 0 unspecified atom stereocenters. The Kier molecular flexibility index (Phi) is 12.2. The fourth-order valence-corrected chi connectivity index (χ4v) is 7.11. The highest BCUT2D eigenvalue weighted by Crippen LogP contribution is 2.34. The zero-order valence-electron chi connectivity index (χ0n) is 33.8. The van der Waals surface area contributed by atoms with Crippen LogP contribution in [0.15, 0.2) is 115 Å². The van der Waals surface area contributed by atoms with Crippen molar-refractivity contribution in [3.05, 3.63) is 137 Å². The summed E-state index contributed by atoms with van der Waals surface area (Å²) in [6, 6.07) is 35.7. The number of piperazine rings is 1. The Labute approximate surface area is 348 Å². The third-order valence-corrected chi connectivity index (χ3v) is 10.0. The number of phenols is 2. The number of fused-ring (bicyclic) bond motifs is 2. The molecule has 2 N–H and O–H groups in total. The third kappa shape index (κ3) is 9.88. The van der Waals surface area contributed by atoms with E-state index in [-0.39, 0.29) is 23.6 Å². The molecule has 1 atom stereocenters. The lowest BCUT2D eigenvalue weighted by atomic mass is 10.1. The average molecular weight is 811 g/mol. The van der Waals surface area contributed by atoms with Crippen LogP contribution in [0.1, 0.15) is 37.5 Å². The summed E-state index contributed by atoms with van der Waals surface area (Å²) >= 11 is 6.18. The second kappa shape index (κ2) is 17.7. The van der Waals surface area contributed by atoms with Gasteiger partial charge in [0.05, 0.1) is 41.4 Å². The lowest BCUT2D eigenvalue weighted by molar-refractivity contribution is -0.00374. The quantitative estimate of drug-likeness (QED) is 0.150. The van der Waals surface area contributed by atoms with Gasteiger partial charge in [-0.25, -0.2) is 24.7 Å². The largest absolute Gasteiger partial charge is 0.507 e. The van der Waals surface area contributed by atoms with E-state index in [0.717, 1.165) is 44.3 Å². The van der Waals surface area contributed by atoms with Crippen LogP contribution in [0.2, 0.25) is 5.15 Å². The molecule has 2 aromatic heterocycles. The summed E-state index contributed by atoms with van der Waals surface area (Å²) in [6.45, 7) is 12.0. The number of hydrogen-bond acceptors (Lipinski definition) is 10.